The smallest absolute Gasteiger partial charge is 0.324 e. The van der Waals surface area contributed by atoms with Gasteiger partial charge < -0.3 is 10.0 Å². The zero-order valence-electron chi connectivity index (χ0n) is 22.2. The van der Waals surface area contributed by atoms with Gasteiger partial charge in [-0.3, -0.25) is 14.6 Å². The van der Waals surface area contributed by atoms with E-state index < -0.39 is 11.9 Å². The molecule has 198 valence electrons. The van der Waals surface area contributed by atoms with Gasteiger partial charge in [0.15, 0.2) is 0 Å². The molecule has 3 heterocycles. The van der Waals surface area contributed by atoms with Crippen molar-refractivity contribution in [3.63, 3.8) is 0 Å². The maximum Gasteiger partial charge on any atom is 0.324 e. The molecule has 1 saturated carbocycles. The van der Waals surface area contributed by atoms with Crippen molar-refractivity contribution in [3.05, 3.63) is 30.3 Å². The van der Waals surface area contributed by atoms with Crippen molar-refractivity contribution in [2.75, 3.05) is 18.0 Å². The Bertz CT molecular complexity index is 894. The Balaban J connectivity index is 1.36. The molecule has 6 nitrogen and oxygen atoms in total. The van der Waals surface area contributed by atoms with Crippen LogP contribution in [0.25, 0.3) is 0 Å². The maximum atomic E-state index is 13.9. The molecular weight excluding hydrogens is 450 g/mol. The number of carboxylic acid groups (broad SMARTS) is 1. The maximum absolute atomic E-state index is 13.9. The molecule has 1 N–H and O–H groups in total. The molecule has 0 unspecified atom stereocenters. The lowest BCUT2D eigenvalue weighted by Gasteiger charge is -2.55. The SMILES string of the molecule is CCC[C@H]1C[C@@H](C)C[C@H](N2[C@@H]3CCC[C@H]2C[C@@H](N(C(=O)N2CC[C@@H](C(=O)O)C2)c2ccccc2)C3)C1. The van der Waals surface area contributed by atoms with Crippen LogP contribution < -0.4 is 4.90 Å². The Morgan fingerprint density at radius 2 is 1.69 bits per heavy atom. The predicted molar refractivity (Wildman–Crippen MR) is 143 cm³/mol. The zero-order valence-corrected chi connectivity index (χ0v) is 22.2. The number of urea groups is 1. The van der Waals surface area contributed by atoms with E-state index in [1.165, 1.54) is 51.4 Å². The monoisotopic (exact) mass is 495 g/mol. The van der Waals surface area contributed by atoms with E-state index in [-0.39, 0.29) is 12.1 Å². The second-order valence-corrected chi connectivity index (χ2v) is 12.2. The molecule has 4 aliphatic rings. The average molecular weight is 496 g/mol. The highest BCUT2D eigenvalue weighted by atomic mass is 16.4. The van der Waals surface area contributed by atoms with Gasteiger partial charge in [-0.05, 0) is 75.3 Å². The zero-order chi connectivity index (χ0) is 25.2. The van der Waals surface area contributed by atoms with Crippen LogP contribution in [-0.4, -0.2) is 64.2 Å². The molecule has 5 rings (SSSR count). The standard InChI is InChI=1S/C30H45N3O3/c1-3-8-22-15-21(2)16-27(17-22)32-25-11-7-12-26(32)19-28(18-25)33(24-9-5-4-6-10-24)30(36)31-14-13-23(20-31)29(34)35/h4-6,9-10,21-23,25-28H,3,7-8,11-20H2,1-2H3,(H,34,35)/t21-,22+,23-,25-,26+,27+,28+/m1/s1. The molecular formula is C30H45N3O3. The lowest BCUT2D eigenvalue weighted by molar-refractivity contribution is -0.141. The number of aliphatic carboxylic acids is 1. The number of likely N-dealkylation sites (tertiary alicyclic amines) is 1. The molecule has 3 saturated heterocycles. The topological polar surface area (TPSA) is 64.1 Å². The third-order valence-electron chi connectivity index (χ3n) is 9.55. The number of hydrogen-bond acceptors (Lipinski definition) is 3. The third kappa shape index (κ3) is 5.29. The fourth-order valence-electron chi connectivity index (χ4n) is 8.14. The van der Waals surface area contributed by atoms with Gasteiger partial charge in [0.1, 0.15) is 0 Å². The number of carbonyl (C=O) groups excluding carboxylic acids is 1. The minimum atomic E-state index is -0.789. The minimum absolute atomic E-state index is 0.00391. The molecule has 36 heavy (non-hydrogen) atoms. The van der Waals surface area contributed by atoms with Crippen LogP contribution in [0.2, 0.25) is 0 Å². The number of hydrogen-bond donors (Lipinski definition) is 1. The summed E-state index contributed by atoms with van der Waals surface area (Å²) in [6.45, 7) is 5.63. The summed E-state index contributed by atoms with van der Waals surface area (Å²) in [6.07, 6.45) is 13.1. The number of nitrogens with zero attached hydrogens (tertiary/aromatic N) is 3. The van der Waals surface area contributed by atoms with Gasteiger partial charge in [-0.15, -0.1) is 0 Å². The van der Waals surface area contributed by atoms with Crippen LogP contribution in [0.1, 0.15) is 84.5 Å². The number of amides is 2. The van der Waals surface area contributed by atoms with Crippen molar-refractivity contribution >= 4 is 17.7 Å². The van der Waals surface area contributed by atoms with Crippen molar-refractivity contribution < 1.29 is 14.7 Å². The molecule has 2 amide bonds. The number of para-hydroxylation sites is 1. The Kier molecular flexibility index (Phi) is 7.90. The summed E-state index contributed by atoms with van der Waals surface area (Å²) in [7, 11) is 0. The average Bonchev–Trinajstić information content (AvgIpc) is 3.35. The molecule has 1 aromatic rings. The summed E-state index contributed by atoms with van der Waals surface area (Å²) < 4.78 is 0. The lowest BCUT2D eigenvalue weighted by Crippen LogP contribution is -2.62. The molecule has 1 aromatic carbocycles. The Morgan fingerprint density at radius 1 is 0.972 bits per heavy atom. The van der Waals surface area contributed by atoms with Gasteiger partial charge in [0.25, 0.3) is 0 Å². The van der Waals surface area contributed by atoms with Gasteiger partial charge >= 0.3 is 12.0 Å². The molecule has 2 bridgehead atoms. The highest BCUT2D eigenvalue weighted by Crippen LogP contribution is 2.44. The third-order valence-corrected chi connectivity index (χ3v) is 9.55. The summed E-state index contributed by atoms with van der Waals surface area (Å²) in [6, 6.07) is 12.0. The molecule has 4 fully saturated rings. The summed E-state index contributed by atoms with van der Waals surface area (Å²) in [4.78, 5) is 32.2. The van der Waals surface area contributed by atoms with Crippen LogP contribution in [0.4, 0.5) is 10.5 Å². The Morgan fingerprint density at radius 3 is 2.33 bits per heavy atom. The Hall–Kier alpha value is -2.08. The van der Waals surface area contributed by atoms with Crippen molar-refractivity contribution in [2.45, 2.75) is 109 Å². The van der Waals surface area contributed by atoms with Crippen molar-refractivity contribution in [1.82, 2.24) is 9.80 Å². The van der Waals surface area contributed by atoms with E-state index in [4.69, 9.17) is 0 Å². The van der Waals surface area contributed by atoms with E-state index in [0.717, 1.165) is 30.4 Å². The van der Waals surface area contributed by atoms with Crippen LogP contribution in [-0.2, 0) is 4.79 Å². The largest absolute Gasteiger partial charge is 0.481 e. The molecule has 7 atom stereocenters. The van der Waals surface area contributed by atoms with Crippen LogP contribution >= 0.6 is 0 Å². The number of piperidine rings is 2. The van der Waals surface area contributed by atoms with E-state index in [1.807, 2.05) is 35.2 Å². The van der Waals surface area contributed by atoms with Crippen LogP contribution in [0.3, 0.4) is 0 Å². The van der Waals surface area contributed by atoms with Crippen molar-refractivity contribution in [2.24, 2.45) is 17.8 Å². The highest BCUT2D eigenvalue weighted by Gasteiger charge is 2.46. The molecule has 0 aromatic heterocycles. The first-order valence-corrected chi connectivity index (χ1v) is 14.6. The fourth-order valence-corrected chi connectivity index (χ4v) is 8.14. The van der Waals surface area contributed by atoms with E-state index >= 15 is 0 Å². The number of anilines is 1. The minimum Gasteiger partial charge on any atom is -0.481 e. The quantitative estimate of drug-likeness (QED) is 0.525. The molecule has 6 heteroatoms. The normalized spacial score (nSPS) is 34.9. The van der Waals surface area contributed by atoms with Crippen LogP contribution in [0.15, 0.2) is 30.3 Å². The highest BCUT2D eigenvalue weighted by molar-refractivity contribution is 5.93. The van der Waals surface area contributed by atoms with Gasteiger partial charge in [-0.2, -0.15) is 0 Å². The first-order valence-electron chi connectivity index (χ1n) is 14.6. The second-order valence-electron chi connectivity index (χ2n) is 12.2. The van der Waals surface area contributed by atoms with Gasteiger partial charge in [0.2, 0.25) is 0 Å². The predicted octanol–water partition coefficient (Wildman–Crippen LogP) is 6.01. The first-order chi connectivity index (χ1) is 17.4. The van der Waals surface area contributed by atoms with E-state index in [2.05, 4.69) is 18.7 Å². The molecule has 0 spiro atoms. The van der Waals surface area contributed by atoms with E-state index in [0.29, 0.717) is 37.6 Å². The van der Waals surface area contributed by atoms with Gasteiger partial charge in [-0.1, -0.05) is 51.3 Å². The number of carbonyl (C=O) groups is 2. The van der Waals surface area contributed by atoms with Crippen molar-refractivity contribution in [1.29, 1.82) is 0 Å². The molecule has 0 radical (unpaired) electrons. The van der Waals surface area contributed by atoms with Gasteiger partial charge in [-0.25, -0.2) is 4.79 Å². The van der Waals surface area contributed by atoms with Crippen LogP contribution in [0, 0.1) is 17.8 Å². The number of benzene rings is 1. The van der Waals surface area contributed by atoms with E-state index in [1.54, 1.807) is 4.90 Å². The van der Waals surface area contributed by atoms with Crippen LogP contribution in [0.5, 0.6) is 0 Å². The summed E-state index contributed by atoms with van der Waals surface area (Å²) in [5, 5.41) is 9.49. The van der Waals surface area contributed by atoms with E-state index in [9.17, 15) is 14.7 Å². The first kappa shape index (κ1) is 25.6. The number of fused-ring (bicyclic) bond motifs is 2. The van der Waals surface area contributed by atoms with Gasteiger partial charge in [0, 0.05) is 42.9 Å². The molecule has 3 aliphatic heterocycles. The molecule has 1 aliphatic carbocycles. The fraction of sp³-hybridized carbons (Fsp3) is 0.733. The summed E-state index contributed by atoms with van der Waals surface area (Å²) in [5.41, 5.74) is 0.951. The number of carboxylic acids is 1. The number of rotatable bonds is 6. The van der Waals surface area contributed by atoms with Crippen molar-refractivity contribution in [3.8, 4) is 0 Å². The second kappa shape index (κ2) is 11.1. The van der Waals surface area contributed by atoms with Gasteiger partial charge in [0.05, 0.1) is 5.92 Å². The Labute approximate surface area is 217 Å². The summed E-state index contributed by atoms with van der Waals surface area (Å²) >= 11 is 0. The summed E-state index contributed by atoms with van der Waals surface area (Å²) in [5.74, 6) is 0.431. The lowest BCUT2D eigenvalue weighted by atomic mass is 9.73.